The molecule has 0 aromatic rings. The molecule has 2 N–H and O–H groups in total. The van der Waals surface area contributed by atoms with Crippen LogP contribution in [0.3, 0.4) is 0 Å². The largest absolute Gasteiger partial charge is 0.480 e. The normalized spacial score (nSPS) is 8.82. The van der Waals surface area contributed by atoms with Gasteiger partial charge in [0, 0.05) is 12.7 Å². The number of allylic oxidation sites excluding steroid dienone is 1. The zero-order valence-corrected chi connectivity index (χ0v) is 6.50. The number of rotatable bonds is 5. The van der Waals surface area contributed by atoms with E-state index in [2.05, 4.69) is 18.6 Å². The van der Waals surface area contributed by atoms with Crippen molar-refractivity contribution in [3.05, 3.63) is 24.9 Å². The lowest BCUT2D eigenvalue weighted by atomic mass is 10.4. The summed E-state index contributed by atoms with van der Waals surface area (Å²) in [4.78, 5) is 10.2. The molecule has 4 heteroatoms. The highest BCUT2D eigenvalue weighted by molar-refractivity contribution is 5.69. The van der Waals surface area contributed by atoms with Gasteiger partial charge in [-0.05, 0) is 6.08 Å². The summed E-state index contributed by atoms with van der Waals surface area (Å²) in [5, 5.41) is 9.79. The zero-order valence-electron chi connectivity index (χ0n) is 6.50. The van der Waals surface area contributed by atoms with Crippen molar-refractivity contribution < 1.29 is 9.90 Å². The molecule has 0 heterocycles. The molecule has 0 atom stereocenters. The highest BCUT2D eigenvalue weighted by atomic mass is 16.4. The first kappa shape index (κ1) is 9.71. The van der Waals surface area contributed by atoms with Crippen LogP contribution in [0.15, 0.2) is 24.9 Å². The fourth-order valence-corrected chi connectivity index (χ4v) is 0.570. The van der Waals surface area contributed by atoms with Gasteiger partial charge < -0.3 is 5.11 Å². The minimum absolute atomic E-state index is 0.124. The lowest BCUT2D eigenvalue weighted by molar-refractivity contribution is -0.138. The Hall–Kier alpha value is -1.29. The van der Waals surface area contributed by atoms with Crippen LogP contribution in [0.4, 0.5) is 0 Å². The second-order valence-electron chi connectivity index (χ2n) is 1.90. The Kier molecular flexibility index (Phi) is 3.98. The highest BCUT2D eigenvalue weighted by Crippen LogP contribution is 1.96. The number of hydrogen-bond donors (Lipinski definition) is 2. The molecule has 4 nitrogen and oxygen atoms in total. The molecule has 0 unspecified atom stereocenters. The van der Waals surface area contributed by atoms with E-state index in [9.17, 15) is 4.79 Å². The SMILES string of the molecule is C=CC(=C)N(CC(=O)O)NC. The molecule has 0 fully saturated rings. The van der Waals surface area contributed by atoms with Crippen LogP contribution in [-0.4, -0.2) is 29.7 Å². The van der Waals surface area contributed by atoms with E-state index in [0.29, 0.717) is 5.70 Å². The molecule has 0 aliphatic rings. The van der Waals surface area contributed by atoms with Crippen molar-refractivity contribution in [1.82, 2.24) is 10.4 Å². The summed E-state index contributed by atoms with van der Waals surface area (Å²) in [7, 11) is 1.62. The molecule has 0 rings (SSSR count). The lowest BCUT2D eigenvalue weighted by Gasteiger charge is -2.20. The van der Waals surface area contributed by atoms with Gasteiger partial charge >= 0.3 is 5.97 Å². The minimum atomic E-state index is -0.914. The first-order chi connectivity index (χ1) is 5.11. The number of hydrazine groups is 1. The quantitative estimate of drug-likeness (QED) is 0.441. The maximum absolute atomic E-state index is 10.2. The third-order valence-electron chi connectivity index (χ3n) is 1.15. The van der Waals surface area contributed by atoms with E-state index in [-0.39, 0.29) is 6.54 Å². The summed E-state index contributed by atoms with van der Waals surface area (Å²) >= 11 is 0. The van der Waals surface area contributed by atoms with Crippen LogP contribution < -0.4 is 5.43 Å². The van der Waals surface area contributed by atoms with Crippen molar-refractivity contribution >= 4 is 5.97 Å². The van der Waals surface area contributed by atoms with E-state index < -0.39 is 5.97 Å². The molecule has 0 radical (unpaired) electrons. The molecule has 0 aliphatic heterocycles. The summed E-state index contributed by atoms with van der Waals surface area (Å²) in [6, 6.07) is 0. The van der Waals surface area contributed by atoms with Crippen molar-refractivity contribution in [1.29, 1.82) is 0 Å². The van der Waals surface area contributed by atoms with Gasteiger partial charge in [0.05, 0.1) is 0 Å². The van der Waals surface area contributed by atoms with E-state index in [0.717, 1.165) is 0 Å². The Morgan fingerprint density at radius 2 is 2.36 bits per heavy atom. The Morgan fingerprint density at radius 1 is 1.82 bits per heavy atom. The first-order valence-corrected chi connectivity index (χ1v) is 3.10. The summed E-state index contributed by atoms with van der Waals surface area (Å²) in [6.07, 6.45) is 1.49. The Labute approximate surface area is 65.8 Å². The second-order valence-corrected chi connectivity index (χ2v) is 1.90. The van der Waals surface area contributed by atoms with Gasteiger partial charge in [0.1, 0.15) is 6.54 Å². The zero-order chi connectivity index (χ0) is 8.85. The van der Waals surface area contributed by atoms with Crippen LogP contribution in [0, 0.1) is 0 Å². The van der Waals surface area contributed by atoms with E-state index >= 15 is 0 Å². The van der Waals surface area contributed by atoms with Gasteiger partial charge in [0.2, 0.25) is 0 Å². The van der Waals surface area contributed by atoms with E-state index in [1.54, 1.807) is 7.05 Å². The molecule has 0 spiro atoms. The average molecular weight is 156 g/mol. The molecule has 62 valence electrons. The molecule has 0 amide bonds. The van der Waals surface area contributed by atoms with E-state index in [1.807, 2.05) is 0 Å². The molecule has 0 saturated carbocycles. The number of aliphatic carboxylic acids is 1. The molecule has 0 aliphatic carbocycles. The maximum Gasteiger partial charge on any atom is 0.324 e. The van der Waals surface area contributed by atoms with Gasteiger partial charge in [-0.25, -0.2) is 5.43 Å². The van der Waals surface area contributed by atoms with Gasteiger partial charge in [0.25, 0.3) is 0 Å². The Bertz CT molecular complexity index is 177. The van der Waals surface area contributed by atoms with Crippen LogP contribution in [0.2, 0.25) is 0 Å². The fourth-order valence-electron chi connectivity index (χ4n) is 0.570. The topological polar surface area (TPSA) is 52.6 Å². The maximum atomic E-state index is 10.2. The van der Waals surface area contributed by atoms with Gasteiger partial charge in [-0.1, -0.05) is 13.2 Å². The molecule has 0 aromatic carbocycles. The number of carboxylic acids is 1. The van der Waals surface area contributed by atoms with E-state index in [1.165, 1.54) is 11.1 Å². The number of nitrogens with one attached hydrogen (secondary N) is 1. The predicted octanol–water partition coefficient (Wildman–Crippen LogP) is 0.207. The number of carboxylic acid groups (broad SMARTS) is 1. The summed E-state index contributed by atoms with van der Waals surface area (Å²) in [6.45, 7) is 6.92. The summed E-state index contributed by atoms with van der Waals surface area (Å²) in [5.41, 5.74) is 3.20. The molecule has 0 saturated heterocycles. The van der Waals surface area contributed by atoms with E-state index in [4.69, 9.17) is 5.11 Å². The molecule has 0 bridgehead atoms. The number of hydrogen-bond acceptors (Lipinski definition) is 3. The second kappa shape index (κ2) is 4.51. The van der Waals surface area contributed by atoms with Crippen LogP contribution in [0.5, 0.6) is 0 Å². The number of carbonyl (C=O) groups is 1. The predicted molar refractivity (Wildman–Crippen MR) is 42.7 cm³/mol. The van der Waals surface area contributed by atoms with Crippen molar-refractivity contribution in [2.24, 2.45) is 0 Å². The van der Waals surface area contributed by atoms with Gasteiger partial charge in [-0.15, -0.1) is 0 Å². The van der Waals surface area contributed by atoms with Crippen LogP contribution in [0.25, 0.3) is 0 Å². The molecule has 11 heavy (non-hydrogen) atoms. The third kappa shape index (κ3) is 3.42. The first-order valence-electron chi connectivity index (χ1n) is 3.10. The van der Waals surface area contributed by atoms with Crippen LogP contribution in [0.1, 0.15) is 0 Å². The van der Waals surface area contributed by atoms with Gasteiger partial charge in [-0.2, -0.15) is 0 Å². The smallest absolute Gasteiger partial charge is 0.324 e. The van der Waals surface area contributed by atoms with Crippen molar-refractivity contribution in [3.63, 3.8) is 0 Å². The van der Waals surface area contributed by atoms with Crippen LogP contribution >= 0.6 is 0 Å². The Morgan fingerprint density at radius 3 is 2.64 bits per heavy atom. The molecule has 0 aromatic heterocycles. The van der Waals surface area contributed by atoms with Gasteiger partial charge in [-0.3, -0.25) is 9.80 Å². The van der Waals surface area contributed by atoms with Crippen molar-refractivity contribution in [2.45, 2.75) is 0 Å². The van der Waals surface area contributed by atoms with Crippen molar-refractivity contribution in [3.8, 4) is 0 Å². The van der Waals surface area contributed by atoms with Gasteiger partial charge in [0.15, 0.2) is 0 Å². The van der Waals surface area contributed by atoms with Crippen LogP contribution in [-0.2, 0) is 4.79 Å². The molecular weight excluding hydrogens is 144 g/mol. The fraction of sp³-hybridized carbons (Fsp3) is 0.286. The summed E-state index contributed by atoms with van der Waals surface area (Å²) in [5.74, 6) is -0.914. The monoisotopic (exact) mass is 156 g/mol. The highest BCUT2D eigenvalue weighted by Gasteiger charge is 2.06. The van der Waals surface area contributed by atoms with Crippen molar-refractivity contribution in [2.75, 3.05) is 13.6 Å². The summed E-state index contributed by atoms with van der Waals surface area (Å²) < 4.78 is 0. The minimum Gasteiger partial charge on any atom is -0.480 e. The standard InChI is InChI=1S/C7H12N2O2/c1-4-6(2)9(8-3)5-7(10)11/h4,8H,1-2,5H2,3H3,(H,10,11). The molecular formula is C7H12N2O2. The average Bonchev–Trinajstić information content (AvgIpc) is 1.98. The Balaban J connectivity index is 4.05. The third-order valence-corrected chi connectivity index (χ3v) is 1.15. The lowest BCUT2D eigenvalue weighted by Crippen LogP contribution is -2.37. The number of nitrogens with zero attached hydrogens (tertiary/aromatic N) is 1.